The molecule has 0 spiro atoms. The predicted octanol–water partition coefficient (Wildman–Crippen LogP) is 4.32. The van der Waals surface area contributed by atoms with Crippen LogP contribution in [-0.4, -0.2) is 52.6 Å². The van der Waals surface area contributed by atoms with Gasteiger partial charge in [0.25, 0.3) is 5.69 Å². The van der Waals surface area contributed by atoms with Gasteiger partial charge in [0.15, 0.2) is 0 Å². The van der Waals surface area contributed by atoms with Gasteiger partial charge < -0.3 is 4.90 Å². The molecule has 0 bridgehead atoms. The Morgan fingerprint density at radius 2 is 2.03 bits per heavy atom. The Morgan fingerprint density at radius 1 is 1.26 bits per heavy atom. The number of hydrogen-bond acceptors (Lipinski definition) is 6. The molecule has 2 aliphatic rings. The summed E-state index contributed by atoms with van der Waals surface area (Å²) in [6.07, 6.45) is 1.93. The maximum Gasteiger partial charge on any atom is 0.301 e. The zero-order valence-corrected chi connectivity index (χ0v) is 18.3. The molecule has 160 valence electrons. The van der Waals surface area contributed by atoms with Crippen molar-refractivity contribution >= 4 is 39.9 Å². The number of benzene rings is 2. The van der Waals surface area contributed by atoms with Gasteiger partial charge in [-0.15, -0.1) is 0 Å². The van der Waals surface area contributed by atoms with Crippen LogP contribution in [0.3, 0.4) is 0 Å². The molecule has 31 heavy (non-hydrogen) atoms. The summed E-state index contributed by atoms with van der Waals surface area (Å²) >= 11 is 1.26. The molecule has 2 aliphatic heterocycles. The average molecular weight is 438 g/mol. The van der Waals surface area contributed by atoms with E-state index in [0.29, 0.717) is 12.3 Å². The van der Waals surface area contributed by atoms with Crippen LogP contribution < -0.4 is 4.90 Å². The van der Waals surface area contributed by atoms with Crippen LogP contribution >= 0.6 is 11.8 Å². The van der Waals surface area contributed by atoms with Crippen LogP contribution in [0.2, 0.25) is 0 Å². The standard InChI is InChI=1S/C22H23N5O3S/c1-3-23-21(15-6-9-18(10-7-15)27(29)30)26-12-4-5-17-13-16(8-11-20(17)26)19-14-31-22(28)25(2)24-19/h6-11,13H,3-5,12,14H2,1-2H3/b23-21-. The molecule has 0 aliphatic carbocycles. The van der Waals surface area contributed by atoms with E-state index in [1.807, 2.05) is 13.0 Å². The Labute approximate surface area is 184 Å². The number of nitrogens with zero attached hydrogens (tertiary/aromatic N) is 5. The van der Waals surface area contributed by atoms with Gasteiger partial charge in [-0.3, -0.25) is 19.9 Å². The molecule has 0 aromatic heterocycles. The summed E-state index contributed by atoms with van der Waals surface area (Å²) in [5, 5.41) is 16.8. The molecule has 8 nitrogen and oxygen atoms in total. The van der Waals surface area contributed by atoms with Crippen molar-refractivity contribution in [3.05, 3.63) is 69.3 Å². The van der Waals surface area contributed by atoms with Crippen molar-refractivity contribution in [1.29, 1.82) is 0 Å². The number of nitro groups is 1. The molecule has 2 aromatic carbocycles. The Morgan fingerprint density at radius 3 is 2.71 bits per heavy atom. The molecular weight excluding hydrogens is 414 g/mol. The Hall–Kier alpha value is -3.20. The summed E-state index contributed by atoms with van der Waals surface area (Å²) in [6, 6.07) is 12.8. The van der Waals surface area contributed by atoms with Gasteiger partial charge in [-0.25, -0.2) is 5.01 Å². The smallest absolute Gasteiger partial charge is 0.301 e. The second-order valence-electron chi connectivity index (χ2n) is 7.33. The number of amides is 1. The summed E-state index contributed by atoms with van der Waals surface area (Å²) in [7, 11) is 1.67. The van der Waals surface area contributed by atoms with E-state index < -0.39 is 4.92 Å². The number of aryl methyl sites for hydroxylation is 1. The van der Waals surface area contributed by atoms with E-state index in [-0.39, 0.29) is 10.9 Å². The maximum absolute atomic E-state index is 11.7. The Kier molecular flexibility index (Phi) is 6.03. The molecule has 0 N–H and O–H groups in total. The number of thioether (sulfide) groups is 1. The first kappa shape index (κ1) is 21.0. The predicted molar refractivity (Wildman–Crippen MR) is 124 cm³/mol. The molecule has 2 heterocycles. The summed E-state index contributed by atoms with van der Waals surface area (Å²) in [5.41, 5.74) is 5.15. The highest BCUT2D eigenvalue weighted by Crippen LogP contribution is 2.31. The lowest BCUT2D eigenvalue weighted by Crippen LogP contribution is -2.36. The molecule has 0 atom stereocenters. The van der Waals surface area contributed by atoms with E-state index in [4.69, 9.17) is 4.99 Å². The monoisotopic (exact) mass is 437 g/mol. The lowest BCUT2D eigenvalue weighted by Gasteiger charge is -2.33. The van der Waals surface area contributed by atoms with E-state index in [0.717, 1.165) is 47.7 Å². The molecule has 0 saturated carbocycles. The zero-order valence-electron chi connectivity index (χ0n) is 17.4. The number of nitro benzene ring substituents is 1. The van der Waals surface area contributed by atoms with Crippen LogP contribution in [0, 0.1) is 10.1 Å². The number of hydrogen-bond donors (Lipinski definition) is 0. The minimum atomic E-state index is -0.393. The van der Waals surface area contributed by atoms with Gasteiger partial charge in [-0.1, -0.05) is 17.8 Å². The lowest BCUT2D eigenvalue weighted by atomic mass is 9.97. The van der Waals surface area contributed by atoms with Crippen LogP contribution in [0.1, 0.15) is 30.0 Å². The first-order chi connectivity index (χ1) is 15.0. The third kappa shape index (κ3) is 4.32. The van der Waals surface area contributed by atoms with Crippen LogP contribution in [0.4, 0.5) is 16.2 Å². The van der Waals surface area contributed by atoms with Crippen LogP contribution in [0.15, 0.2) is 52.6 Å². The zero-order chi connectivity index (χ0) is 22.0. The van der Waals surface area contributed by atoms with E-state index >= 15 is 0 Å². The lowest BCUT2D eigenvalue weighted by molar-refractivity contribution is -0.384. The molecule has 4 rings (SSSR count). The highest BCUT2D eigenvalue weighted by molar-refractivity contribution is 8.14. The van der Waals surface area contributed by atoms with Gasteiger partial charge in [0.1, 0.15) is 5.84 Å². The van der Waals surface area contributed by atoms with Gasteiger partial charge in [-0.2, -0.15) is 5.10 Å². The van der Waals surface area contributed by atoms with Gasteiger partial charge in [0.2, 0.25) is 0 Å². The van der Waals surface area contributed by atoms with E-state index in [1.165, 1.54) is 34.5 Å². The number of hydrazone groups is 1. The fraction of sp³-hybridized carbons (Fsp3) is 0.318. The minimum absolute atomic E-state index is 0.0450. The third-order valence-corrected chi connectivity index (χ3v) is 6.23. The number of aliphatic imine (C=N–C) groups is 1. The number of anilines is 1. The fourth-order valence-electron chi connectivity index (χ4n) is 3.83. The topological polar surface area (TPSA) is 91.4 Å². The highest BCUT2D eigenvalue weighted by atomic mass is 32.2. The van der Waals surface area contributed by atoms with Crippen molar-refractivity contribution < 1.29 is 9.72 Å². The SMILES string of the molecule is CC/N=C(/c1ccc([N+](=O)[O-])cc1)N1CCCc2cc(C3=NN(C)C(=O)SC3)ccc21. The molecule has 2 aromatic rings. The molecule has 0 radical (unpaired) electrons. The number of non-ortho nitro benzene ring substituents is 1. The van der Waals surface area contributed by atoms with Gasteiger partial charge in [-0.05, 0) is 55.2 Å². The quantitative estimate of drug-likeness (QED) is 0.307. The summed E-state index contributed by atoms with van der Waals surface area (Å²) in [6.45, 7) is 3.43. The number of carbonyl (C=O) groups excluding carboxylic acids is 1. The van der Waals surface area contributed by atoms with Crippen molar-refractivity contribution in [2.45, 2.75) is 19.8 Å². The number of carbonyl (C=O) groups is 1. The Bertz CT molecular complexity index is 1080. The number of rotatable bonds is 4. The summed E-state index contributed by atoms with van der Waals surface area (Å²) < 4.78 is 0. The first-order valence-electron chi connectivity index (χ1n) is 10.2. The van der Waals surface area contributed by atoms with Gasteiger partial charge in [0.05, 0.1) is 10.6 Å². The molecule has 0 unspecified atom stereocenters. The normalized spacial score (nSPS) is 16.8. The minimum Gasteiger partial charge on any atom is -0.326 e. The van der Waals surface area contributed by atoms with Crippen LogP contribution in [-0.2, 0) is 6.42 Å². The van der Waals surface area contributed by atoms with Crippen molar-refractivity contribution in [3.8, 4) is 0 Å². The van der Waals surface area contributed by atoms with Crippen molar-refractivity contribution in [1.82, 2.24) is 5.01 Å². The van der Waals surface area contributed by atoms with E-state index in [2.05, 4.69) is 22.1 Å². The second-order valence-corrected chi connectivity index (χ2v) is 8.25. The Balaban J connectivity index is 1.68. The maximum atomic E-state index is 11.7. The van der Waals surface area contributed by atoms with Crippen molar-refractivity contribution in [3.63, 3.8) is 0 Å². The average Bonchev–Trinajstić information content (AvgIpc) is 2.78. The molecule has 0 saturated heterocycles. The van der Waals surface area contributed by atoms with E-state index in [9.17, 15) is 14.9 Å². The van der Waals surface area contributed by atoms with Crippen molar-refractivity contribution in [2.24, 2.45) is 10.1 Å². The van der Waals surface area contributed by atoms with Crippen LogP contribution in [0.5, 0.6) is 0 Å². The largest absolute Gasteiger partial charge is 0.326 e. The first-order valence-corrected chi connectivity index (χ1v) is 11.1. The molecule has 9 heteroatoms. The third-order valence-electron chi connectivity index (χ3n) is 5.30. The molecular formula is C22H23N5O3S. The van der Waals surface area contributed by atoms with Crippen molar-refractivity contribution in [2.75, 3.05) is 30.8 Å². The second kappa shape index (κ2) is 8.89. The van der Waals surface area contributed by atoms with E-state index in [1.54, 1.807) is 19.2 Å². The van der Waals surface area contributed by atoms with Gasteiger partial charge >= 0.3 is 5.24 Å². The highest BCUT2D eigenvalue weighted by Gasteiger charge is 2.25. The summed E-state index contributed by atoms with van der Waals surface area (Å²) in [4.78, 5) is 29.2. The molecule has 0 fully saturated rings. The number of amidine groups is 1. The fourth-order valence-corrected chi connectivity index (χ4v) is 4.54. The van der Waals surface area contributed by atoms with Crippen LogP contribution in [0.25, 0.3) is 0 Å². The summed E-state index contributed by atoms with van der Waals surface area (Å²) in [5.74, 6) is 1.39. The molecule has 1 amide bonds. The van der Waals surface area contributed by atoms with Gasteiger partial charge in [0, 0.05) is 49.3 Å². The number of fused-ring (bicyclic) bond motifs is 1.